The lowest BCUT2D eigenvalue weighted by atomic mass is 10.2. The Bertz CT molecular complexity index is 396. The summed E-state index contributed by atoms with van der Waals surface area (Å²) in [6.45, 7) is 5.05. The van der Waals surface area contributed by atoms with E-state index in [0.717, 1.165) is 11.3 Å². The minimum Gasteiger partial charge on any atom is -0.494 e. The van der Waals surface area contributed by atoms with Gasteiger partial charge in [-0.3, -0.25) is 4.79 Å². The molecule has 1 aromatic rings. The van der Waals surface area contributed by atoms with Crippen molar-refractivity contribution in [1.29, 1.82) is 0 Å². The van der Waals surface area contributed by atoms with Crippen LogP contribution >= 0.6 is 0 Å². The van der Waals surface area contributed by atoms with Gasteiger partial charge < -0.3 is 20.1 Å². The fraction of sp³-hybridized carbons (Fsp3) is 0.533. The summed E-state index contributed by atoms with van der Waals surface area (Å²) < 4.78 is 10.4. The van der Waals surface area contributed by atoms with Crippen molar-refractivity contribution in [3.05, 3.63) is 29.8 Å². The molecule has 1 amide bonds. The van der Waals surface area contributed by atoms with Gasteiger partial charge in [0.1, 0.15) is 5.75 Å². The van der Waals surface area contributed by atoms with Gasteiger partial charge in [-0.05, 0) is 13.0 Å². The maximum Gasteiger partial charge on any atom is 0.221 e. The van der Waals surface area contributed by atoms with Crippen LogP contribution in [0.5, 0.6) is 5.75 Å². The zero-order chi connectivity index (χ0) is 14.6. The van der Waals surface area contributed by atoms with E-state index in [4.69, 9.17) is 9.47 Å². The molecule has 0 saturated heterocycles. The second-order valence-electron chi connectivity index (χ2n) is 4.31. The summed E-state index contributed by atoms with van der Waals surface area (Å²) in [4.78, 5) is 11.5. The molecule has 0 bridgehead atoms. The van der Waals surface area contributed by atoms with Crippen molar-refractivity contribution < 1.29 is 14.3 Å². The Kier molecular flexibility index (Phi) is 8.42. The van der Waals surface area contributed by atoms with E-state index in [-0.39, 0.29) is 5.91 Å². The summed E-state index contributed by atoms with van der Waals surface area (Å²) in [5.41, 5.74) is 1.11. The highest BCUT2D eigenvalue weighted by molar-refractivity contribution is 5.76. The van der Waals surface area contributed by atoms with Crippen LogP contribution in [0.15, 0.2) is 24.3 Å². The third kappa shape index (κ3) is 6.54. The van der Waals surface area contributed by atoms with Gasteiger partial charge in [0.15, 0.2) is 0 Å². The minimum absolute atomic E-state index is 0.0349. The van der Waals surface area contributed by atoms with Crippen molar-refractivity contribution in [1.82, 2.24) is 10.6 Å². The lowest BCUT2D eigenvalue weighted by Crippen LogP contribution is -2.30. The van der Waals surface area contributed by atoms with E-state index in [1.807, 2.05) is 31.2 Å². The van der Waals surface area contributed by atoms with Gasteiger partial charge in [-0.15, -0.1) is 0 Å². The van der Waals surface area contributed by atoms with Crippen molar-refractivity contribution in [2.45, 2.75) is 19.9 Å². The molecule has 0 aromatic heterocycles. The molecule has 0 aliphatic carbocycles. The Morgan fingerprint density at radius 2 is 2.05 bits per heavy atom. The number of hydrogen-bond acceptors (Lipinski definition) is 4. The van der Waals surface area contributed by atoms with Gasteiger partial charge in [0.2, 0.25) is 5.91 Å². The molecule has 112 valence electrons. The van der Waals surface area contributed by atoms with Crippen LogP contribution in [-0.2, 0) is 16.1 Å². The zero-order valence-electron chi connectivity index (χ0n) is 12.3. The van der Waals surface area contributed by atoms with E-state index in [9.17, 15) is 4.79 Å². The molecule has 1 rings (SSSR count). The number of ether oxygens (including phenoxy) is 2. The number of benzene rings is 1. The van der Waals surface area contributed by atoms with Gasteiger partial charge in [-0.2, -0.15) is 0 Å². The van der Waals surface area contributed by atoms with E-state index in [1.54, 1.807) is 7.11 Å². The Morgan fingerprint density at radius 3 is 2.80 bits per heavy atom. The summed E-state index contributed by atoms with van der Waals surface area (Å²) in [6, 6.07) is 7.92. The van der Waals surface area contributed by atoms with Crippen molar-refractivity contribution in [2.24, 2.45) is 0 Å². The second-order valence-corrected chi connectivity index (χ2v) is 4.31. The van der Waals surface area contributed by atoms with E-state index in [1.165, 1.54) is 0 Å². The maximum absolute atomic E-state index is 11.5. The molecule has 20 heavy (non-hydrogen) atoms. The SMILES string of the molecule is CCOc1ccccc1CNCCC(=O)NCCOC. The first-order valence-electron chi connectivity index (χ1n) is 6.95. The molecule has 1 aromatic carbocycles. The largest absolute Gasteiger partial charge is 0.494 e. The van der Waals surface area contributed by atoms with Gasteiger partial charge in [0.05, 0.1) is 13.2 Å². The van der Waals surface area contributed by atoms with Crippen LogP contribution in [0.1, 0.15) is 18.9 Å². The summed E-state index contributed by atoms with van der Waals surface area (Å²) in [5.74, 6) is 0.930. The summed E-state index contributed by atoms with van der Waals surface area (Å²) >= 11 is 0. The molecule has 0 heterocycles. The maximum atomic E-state index is 11.5. The molecule has 5 nitrogen and oxygen atoms in total. The Hall–Kier alpha value is -1.59. The van der Waals surface area contributed by atoms with Crippen molar-refractivity contribution in [3.8, 4) is 5.75 Å². The predicted molar refractivity (Wildman–Crippen MR) is 78.8 cm³/mol. The van der Waals surface area contributed by atoms with Crippen molar-refractivity contribution >= 4 is 5.91 Å². The van der Waals surface area contributed by atoms with Crippen molar-refractivity contribution in [3.63, 3.8) is 0 Å². The van der Waals surface area contributed by atoms with Gasteiger partial charge in [-0.1, -0.05) is 18.2 Å². The van der Waals surface area contributed by atoms with Crippen molar-refractivity contribution in [2.75, 3.05) is 33.4 Å². The predicted octanol–water partition coefficient (Wildman–Crippen LogP) is 1.33. The quantitative estimate of drug-likeness (QED) is 0.635. The number of rotatable bonds is 10. The van der Waals surface area contributed by atoms with E-state index in [2.05, 4.69) is 10.6 Å². The third-order valence-electron chi connectivity index (χ3n) is 2.75. The fourth-order valence-electron chi connectivity index (χ4n) is 1.75. The number of hydrogen-bond donors (Lipinski definition) is 2. The van der Waals surface area contributed by atoms with Crippen LogP contribution in [0.25, 0.3) is 0 Å². The molecule has 0 spiro atoms. The van der Waals surface area contributed by atoms with Gasteiger partial charge in [0.25, 0.3) is 0 Å². The zero-order valence-corrected chi connectivity index (χ0v) is 12.3. The first kappa shape index (κ1) is 16.5. The van der Waals surface area contributed by atoms with Crippen LogP contribution in [0.3, 0.4) is 0 Å². The van der Waals surface area contributed by atoms with Gasteiger partial charge in [0, 0.05) is 38.7 Å². The first-order valence-corrected chi connectivity index (χ1v) is 6.95. The van der Waals surface area contributed by atoms with Crippen LogP contribution < -0.4 is 15.4 Å². The molecule has 0 atom stereocenters. The Balaban J connectivity index is 2.22. The molecule has 0 radical (unpaired) electrons. The number of carbonyl (C=O) groups is 1. The van der Waals surface area contributed by atoms with Gasteiger partial charge >= 0.3 is 0 Å². The summed E-state index contributed by atoms with van der Waals surface area (Å²) in [5, 5.41) is 6.04. The van der Waals surface area contributed by atoms with E-state index in [0.29, 0.717) is 39.3 Å². The molecule has 0 fully saturated rings. The van der Waals surface area contributed by atoms with E-state index >= 15 is 0 Å². The highest BCUT2D eigenvalue weighted by atomic mass is 16.5. The monoisotopic (exact) mass is 280 g/mol. The Morgan fingerprint density at radius 1 is 1.25 bits per heavy atom. The summed E-state index contributed by atoms with van der Waals surface area (Å²) in [7, 11) is 1.61. The summed E-state index contributed by atoms with van der Waals surface area (Å²) in [6.07, 6.45) is 0.459. The average molecular weight is 280 g/mol. The second kappa shape index (κ2) is 10.2. The highest BCUT2D eigenvalue weighted by Gasteiger charge is 2.03. The molecule has 0 aliphatic rings. The number of amides is 1. The average Bonchev–Trinajstić information content (AvgIpc) is 2.46. The molecular formula is C15H24N2O3. The number of carbonyl (C=O) groups excluding carboxylic acids is 1. The molecule has 0 aliphatic heterocycles. The first-order chi connectivity index (χ1) is 9.77. The lowest BCUT2D eigenvalue weighted by molar-refractivity contribution is -0.121. The molecule has 5 heteroatoms. The lowest BCUT2D eigenvalue weighted by Gasteiger charge is -2.11. The number of methoxy groups -OCH3 is 1. The standard InChI is InChI=1S/C15H24N2O3/c1-3-20-14-7-5-4-6-13(14)12-16-9-8-15(18)17-10-11-19-2/h4-7,16H,3,8-12H2,1-2H3,(H,17,18). The third-order valence-corrected chi connectivity index (χ3v) is 2.75. The van der Waals surface area contributed by atoms with Crippen LogP contribution in [0.4, 0.5) is 0 Å². The molecular weight excluding hydrogens is 256 g/mol. The smallest absolute Gasteiger partial charge is 0.221 e. The normalized spacial score (nSPS) is 10.3. The minimum atomic E-state index is 0.0349. The molecule has 2 N–H and O–H groups in total. The van der Waals surface area contributed by atoms with Crippen LogP contribution in [0, 0.1) is 0 Å². The van der Waals surface area contributed by atoms with E-state index < -0.39 is 0 Å². The molecule has 0 unspecified atom stereocenters. The number of para-hydroxylation sites is 1. The Labute approximate surface area is 120 Å². The van der Waals surface area contributed by atoms with Crippen LogP contribution in [-0.4, -0.2) is 39.3 Å². The topological polar surface area (TPSA) is 59.6 Å². The molecule has 0 saturated carbocycles. The highest BCUT2D eigenvalue weighted by Crippen LogP contribution is 2.17. The van der Waals surface area contributed by atoms with Gasteiger partial charge in [-0.25, -0.2) is 0 Å². The van der Waals surface area contributed by atoms with Crippen LogP contribution in [0.2, 0.25) is 0 Å². The fourth-order valence-corrected chi connectivity index (χ4v) is 1.75. The number of nitrogens with one attached hydrogen (secondary N) is 2.